The maximum absolute atomic E-state index is 12.4. The van der Waals surface area contributed by atoms with E-state index in [4.69, 9.17) is 9.47 Å². The summed E-state index contributed by atoms with van der Waals surface area (Å²) in [7, 11) is 0. The number of aryl methyl sites for hydroxylation is 1. The van der Waals surface area contributed by atoms with E-state index in [-0.39, 0.29) is 17.5 Å². The van der Waals surface area contributed by atoms with Gasteiger partial charge < -0.3 is 14.8 Å². The SMILES string of the molecule is Cc1ccc(NC(=O)c2ccc(OCC3CCCO3)cc2)c([N+](=O)[O-])c1. The number of benzene rings is 2. The van der Waals surface area contributed by atoms with Gasteiger partial charge in [-0.1, -0.05) is 6.07 Å². The molecule has 1 amide bonds. The second-order valence-electron chi connectivity index (χ2n) is 6.20. The summed E-state index contributed by atoms with van der Waals surface area (Å²) in [4.78, 5) is 23.0. The van der Waals surface area contributed by atoms with Gasteiger partial charge in [-0.05, 0) is 55.7 Å². The molecule has 1 N–H and O–H groups in total. The van der Waals surface area contributed by atoms with Gasteiger partial charge in [-0.15, -0.1) is 0 Å². The predicted molar refractivity (Wildman–Crippen MR) is 96.7 cm³/mol. The van der Waals surface area contributed by atoms with E-state index in [1.54, 1.807) is 37.3 Å². The molecule has 1 aliphatic heterocycles. The van der Waals surface area contributed by atoms with E-state index < -0.39 is 10.8 Å². The van der Waals surface area contributed by atoms with Crippen molar-refractivity contribution in [1.29, 1.82) is 0 Å². The minimum Gasteiger partial charge on any atom is -0.491 e. The van der Waals surface area contributed by atoms with Crippen LogP contribution in [0.25, 0.3) is 0 Å². The Kier molecular flexibility index (Phi) is 5.48. The molecular weight excluding hydrogens is 336 g/mol. The highest BCUT2D eigenvalue weighted by Crippen LogP contribution is 2.26. The molecular formula is C19H20N2O5. The van der Waals surface area contributed by atoms with Gasteiger partial charge in [0.1, 0.15) is 18.0 Å². The molecule has 2 aromatic carbocycles. The summed E-state index contributed by atoms with van der Waals surface area (Å²) in [6.45, 7) is 3.02. The van der Waals surface area contributed by atoms with E-state index in [2.05, 4.69) is 5.32 Å². The second kappa shape index (κ2) is 7.97. The Balaban J connectivity index is 1.64. The van der Waals surface area contributed by atoms with Gasteiger partial charge in [0.2, 0.25) is 0 Å². The Hall–Kier alpha value is -2.93. The summed E-state index contributed by atoms with van der Waals surface area (Å²) in [5.41, 5.74) is 1.19. The van der Waals surface area contributed by atoms with Crippen molar-refractivity contribution >= 4 is 17.3 Å². The molecule has 2 aromatic rings. The van der Waals surface area contributed by atoms with Crippen LogP contribution in [0.5, 0.6) is 5.75 Å². The first-order valence-electron chi connectivity index (χ1n) is 8.44. The molecule has 0 radical (unpaired) electrons. The molecule has 0 saturated carbocycles. The third kappa shape index (κ3) is 4.37. The van der Waals surface area contributed by atoms with Gasteiger partial charge in [0, 0.05) is 18.2 Å². The topological polar surface area (TPSA) is 90.7 Å². The normalized spacial score (nSPS) is 16.3. The largest absolute Gasteiger partial charge is 0.491 e. The molecule has 26 heavy (non-hydrogen) atoms. The number of nitro benzene ring substituents is 1. The number of hydrogen-bond donors (Lipinski definition) is 1. The van der Waals surface area contributed by atoms with Crippen LogP contribution >= 0.6 is 0 Å². The van der Waals surface area contributed by atoms with Crippen LogP contribution in [-0.4, -0.2) is 30.1 Å². The molecule has 1 fully saturated rings. The quantitative estimate of drug-likeness (QED) is 0.629. The number of nitrogens with one attached hydrogen (secondary N) is 1. The van der Waals surface area contributed by atoms with Gasteiger partial charge in [0.25, 0.3) is 11.6 Å². The van der Waals surface area contributed by atoms with E-state index in [1.165, 1.54) is 12.1 Å². The Morgan fingerprint density at radius 2 is 2.08 bits per heavy atom. The molecule has 136 valence electrons. The van der Waals surface area contributed by atoms with Crippen molar-refractivity contribution in [3.05, 3.63) is 63.7 Å². The molecule has 1 aliphatic rings. The first-order chi connectivity index (χ1) is 12.5. The van der Waals surface area contributed by atoms with Crippen LogP contribution in [0.15, 0.2) is 42.5 Å². The Morgan fingerprint density at radius 1 is 1.31 bits per heavy atom. The molecule has 0 aliphatic carbocycles. The molecule has 1 saturated heterocycles. The lowest BCUT2D eigenvalue weighted by Crippen LogP contribution is -2.16. The average Bonchev–Trinajstić information content (AvgIpc) is 3.15. The highest BCUT2D eigenvalue weighted by molar-refractivity contribution is 6.05. The van der Waals surface area contributed by atoms with Crippen LogP contribution in [0.2, 0.25) is 0 Å². The van der Waals surface area contributed by atoms with Gasteiger partial charge in [-0.25, -0.2) is 0 Å². The van der Waals surface area contributed by atoms with Gasteiger partial charge in [-0.2, -0.15) is 0 Å². The number of nitro groups is 1. The number of carbonyl (C=O) groups is 1. The van der Waals surface area contributed by atoms with E-state index in [9.17, 15) is 14.9 Å². The summed E-state index contributed by atoms with van der Waals surface area (Å²) >= 11 is 0. The highest BCUT2D eigenvalue weighted by atomic mass is 16.6. The number of hydrogen-bond acceptors (Lipinski definition) is 5. The maximum atomic E-state index is 12.4. The zero-order valence-corrected chi connectivity index (χ0v) is 14.4. The van der Waals surface area contributed by atoms with Crippen molar-refractivity contribution in [2.45, 2.75) is 25.9 Å². The number of nitrogens with zero attached hydrogens (tertiary/aromatic N) is 1. The minimum atomic E-state index is -0.509. The van der Waals surface area contributed by atoms with Gasteiger partial charge in [0.15, 0.2) is 0 Å². The fraction of sp³-hybridized carbons (Fsp3) is 0.316. The number of amides is 1. The van der Waals surface area contributed by atoms with E-state index in [0.29, 0.717) is 17.9 Å². The van der Waals surface area contributed by atoms with Crippen molar-refractivity contribution in [2.75, 3.05) is 18.5 Å². The van der Waals surface area contributed by atoms with Crippen molar-refractivity contribution in [3.8, 4) is 5.75 Å². The molecule has 1 atom stereocenters. The van der Waals surface area contributed by atoms with Gasteiger partial charge in [-0.3, -0.25) is 14.9 Å². The van der Waals surface area contributed by atoms with Crippen LogP contribution in [0.4, 0.5) is 11.4 Å². The first-order valence-corrected chi connectivity index (χ1v) is 8.44. The fourth-order valence-corrected chi connectivity index (χ4v) is 2.76. The molecule has 7 nitrogen and oxygen atoms in total. The average molecular weight is 356 g/mol. The Labute approximate surface area is 151 Å². The number of ether oxygens (including phenoxy) is 2. The Bertz CT molecular complexity index is 798. The first kappa shape index (κ1) is 17.9. The molecule has 1 heterocycles. The third-order valence-corrected chi connectivity index (χ3v) is 4.17. The van der Waals surface area contributed by atoms with Crippen LogP contribution in [0.1, 0.15) is 28.8 Å². The van der Waals surface area contributed by atoms with E-state index >= 15 is 0 Å². The fourth-order valence-electron chi connectivity index (χ4n) is 2.76. The molecule has 7 heteroatoms. The minimum absolute atomic E-state index is 0.125. The molecule has 1 unspecified atom stereocenters. The zero-order valence-electron chi connectivity index (χ0n) is 14.4. The van der Waals surface area contributed by atoms with E-state index in [0.717, 1.165) is 25.0 Å². The molecule has 0 bridgehead atoms. The maximum Gasteiger partial charge on any atom is 0.293 e. The lowest BCUT2D eigenvalue weighted by atomic mass is 10.1. The smallest absolute Gasteiger partial charge is 0.293 e. The van der Waals surface area contributed by atoms with Crippen molar-refractivity contribution in [2.24, 2.45) is 0 Å². The number of anilines is 1. The van der Waals surface area contributed by atoms with Crippen molar-refractivity contribution in [3.63, 3.8) is 0 Å². The summed E-state index contributed by atoms with van der Waals surface area (Å²) in [6, 6.07) is 11.3. The zero-order chi connectivity index (χ0) is 18.5. The third-order valence-electron chi connectivity index (χ3n) is 4.17. The highest BCUT2D eigenvalue weighted by Gasteiger charge is 2.18. The van der Waals surface area contributed by atoms with E-state index in [1.807, 2.05) is 0 Å². The molecule has 3 rings (SSSR count). The van der Waals surface area contributed by atoms with Crippen molar-refractivity contribution < 1.29 is 19.2 Å². The summed E-state index contributed by atoms with van der Waals surface area (Å²) in [5.74, 6) is 0.237. The predicted octanol–water partition coefficient (Wildman–Crippen LogP) is 3.71. The molecule has 0 aromatic heterocycles. The van der Waals surface area contributed by atoms with Crippen molar-refractivity contribution in [1.82, 2.24) is 0 Å². The van der Waals surface area contributed by atoms with Gasteiger partial charge in [0.05, 0.1) is 11.0 Å². The van der Waals surface area contributed by atoms with Crippen LogP contribution in [0.3, 0.4) is 0 Å². The lowest BCUT2D eigenvalue weighted by molar-refractivity contribution is -0.384. The Morgan fingerprint density at radius 3 is 2.73 bits per heavy atom. The summed E-state index contributed by atoms with van der Waals surface area (Å²) in [6.07, 6.45) is 2.17. The van der Waals surface area contributed by atoms with Crippen LogP contribution < -0.4 is 10.1 Å². The summed E-state index contributed by atoms with van der Waals surface area (Å²) in [5, 5.41) is 13.7. The monoisotopic (exact) mass is 356 g/mol. The molecule has 0 spiro atoms. The van der Waals surface area contributed by atoms with Gasteiger partial charge >= 0.3 is 0 Å². The second-order valence-corrected chi connectivity index (χ2v) is 6.20. The standard InChI is InChI=1S/C19H20N2O5/c1-13-4-9-17(18(11-13)21(23)24)20-19(22)14-5-7-15(8-6-14)26-12-16-3-2-10-25-16/h4-9,11,16H,2-3,10,12H2,1H3,(H,20,22). The lowest BCUT2D eigenvalue weighted by Gasteiger charge is -2.12. The number of carbonyl (C=O) groups excluding carboxylic acids is 1. The van der Waals surface area contributed by atoms with Crippen LogP contribution in [-0.2, 0) is 4.74 Å². The summed E-state index contributed by atoms with van der Waals surface area (Å²) < 4.78 is 11.2. The number of rotatable bonds is 6. The van der Waals surface area contributed by atoms with Crippen LogP contribution in [0, 0.1) is 17.0 Å².